The Labute approximate surface area is 253 Å². The number of piperazine rings is 1. The first-order chi connectivity index (χ1) is 20.5. The first kappa shape index (κ1) is 28.9. The van der Waals surface area contributed by atoms with Crippen LogP contribution in [0.4, 0.5) is 27.5 Å². The van der Waals surface area contributed by atoms with Crippen LogP contribution in [0.15, 0.2) is 41.9 Å². The van der Waals surface area contributed by atoms with E-state index in [-0.39, 0.29) is 6.54 Å². The molecule has 1 aromatic carbocycles. The van der Waals surface area contributed by atoms with Gasteiger partial charge in [-0.3, -0.25) is 4.90 Å². The van der Waals surface area contributed by atoms with E-state index in [0.29, 0.717) is 58.6 Å². The van der Waals surface area contributed by atoms with E-state index >= 15 is 0 Å². The maximum atomic E-state index is 13.8. The van der Waals surface area contributed by atoms with Crippen molar-refractivity contribution in [3.8, 4) is 11.5 Å². The number of nitrogens with one attached hydrogen (secondary N) is 1. The summed E-state index contributed by atoms with van der Waals surface area (Å²) in [4.78, 5) is 17.6. The van der Waals surface area contributed by atoms with E-state index in [4.69, 9.17) is 26.1 Å². The zero-order valence-electron chi connectivity index (χ0n) is 23.5. The van der Waals surface area contributed by atoms with Crippen molar-refractivity contribution >= 4 is 46.1 Å². The lowest BCUT2D eigenvalue weighted by Crippen LogP contribution is -2.53. The number of aliphatic hydroxyl groups excluding tert-OH is 1. The molecule has 224 valence electrons. The van der Waals surface area contributed by atoms with Crippen molar-refractivity contribution in [3.63, 3.8) is 0 Å². The maximum Gasteiger partial charge on any atom is 0.229 e. The van der Waals surface area contributed by atoms with Crippen LogP contribution < -0.4 is 24.6 Å². The Morgan fingerprint density at radius 3 is 2.83 bits per heavy atom. The Morgan fingerprint density at radius 1 is 1.19 bits per heavy atom. The zero-order chi connectivity index (χ0) is 29.1. The maximum absolute atomic E-state index is 13.8. The number of ether oxygens (including phenoxy) is 2. The molecule has 0 aliphatic carbocycles. The van der Waals surface area contributed by atoms with Gasteiger partial charge >= 0.3 is 0 Å². The quantitative estimate of drug-likeness (QED) is 0.371. The number of likely N-dealkylation sites (N-methyl/N-ethyl adjacent to an activating group) is 1. The van der Waals surface area contributed by atoms with Crippen molar-refractivity contribution in [2.75, 3.05) is 74.1 Å². The number of rotatable bonds is 7. The molecule has 0 radical (unpaired) electrons. The number of thiophene rings is 1. The second kappa shape index (κ2) is 13.0. The van der Waals surface area contributed by atoms with Gasteiger partial charge < -0.3 is 34.6 Å². The number of hydrogen-bond donors (Lipinski definition) is 2. The largest absolute Gasteiger partial charge is 0.488 e. The molecule has 1 fully saturated rings. The van der Waals surface area contributed by atoms with Crippen LogP contribution in [0.2, 0.25) is 4.34 Å². The molecule has 13 heteroatoms. The molecular formula is C29H35ClFN7O3S. The SMILES string of the molecule is CCN1CCN(CCOc2ccc3cc2OC/C=C\CN2c4nc(ncc4CN(c4c(CF)csc4Cl)C2O)N3)CC1. The van der Waals surface area contributed by atoms with Gasteiger partial charge in [0, 0.05) is 73.7 Å². The van der Waals surface area contributed by atoms with Crippen molar-refractivity contribution < 1.29 is 19.0 Å². The second-order valence-electron chi connectivity index (χ2n) is 10.4. The molecule has 42 heavy (non-hydrogen) atoms. The fourth-order valence-electron chi connectivity index (χ4n) is 5.44. The lowest BCUT2D eigenvalue weighted by molar-refractivity contribution is 0.120. The summed E-state index contributed by atoms with van der Waals surface area (Å²) in [5, 5.41) is 16.4. The highest BCUT2D eigenvalue weighted by Gasteiger charge is 2.35. The lowest BCUT2D eigenvalue weighted by atomic mass is 10.1. The van der Waals surface area contributed by atoms with Crippen LogP contribution in [-0.2, 0) is 13.2 Å². The van der Waals surface area contributed by atoms with Crippen LogP contribution in [0, 0.1) is 0 Å². The standard InChI is InChI=1S/C29H35ClFN7O3S/c1-2-35-8-10-36(11-9-35)12-14-41-23-6-5-22-15-24(23)40-13-4-3-7-37-27-21(17-32-28(33-22)34-27)18-38(29(37)39)25-20(16-31)19-42-26(25)30/h3-6,15,17,19,29,39H,2,7-14,16,18H2,1H3,(H,32,33,34)/b4-3-. The summed E-state index contributed by atoms with van der Waals surface area (Å²) in [6, 6.07) is 5.69. The molecule has 3 aliphatic heterocycles. The molecule has 1 unspecified atom stereocenters. The molecule has 4 bridgehead atoms. The number of alkyl halides is 1. The predicted molar refractivity (Wildman–Crippen MR) is 164 cm³/mol. The van der Waals surface area contributed by atoms with Gasteiger partial charge in [-0.05, 0) is 24.8 Å². The highest BCUT2D eigenvalue weighted by Crippen LogP contribution is 2.42. The summed E-state index contributed by atoms with van der Waals surface area (Å²) in [6.07, 6.45) is 4.42. The van der Waals surface area contributed by atoms with E-state index in [9.17, 15) is 9.50 Å². The molecule has 0 saturated carbocycles. The van der Waals surface area contributed by atoms with Crippen molar-refractivity contribution in [3.05, 3.63) is 57.4 Å². The van der Waals surface area contributed by atoms with Crippen LogP contribution >= 0.6 is 22.9 Å². The third-order valence-electron chi connectivity index (χ3n) is 7.82. The van der Waals surface area contributed by atoms with Crippen LogP contribution in [0.5, 0.6) is 11.5 Å². The van der Waals surface area contributed by atoms with E-state index in [1.165, 1.54) is 11.3 Å². The molecule has 2 N–H and O–H groups in total. The summed E-state index contributed by atoms with van der Waals surface area (Å²) >= 11 is 7.69. The molecule has 10 nitrogen and oxygen atoms in total. The van der Waals surface area contributed by atoms with Crippen LogP contribution in [0.25, 0.3) is 0 Å². The van der Waals surface area contributed by atoms with Gasteiger partial charge in [-0.2, -0.15) is 4.98 Å². The molecule has 0 spiro atoms. The molecule has 1 saturated heterocycles. The summed E-state index contributed by atoms with van der Waals surface area (Å²) in [5.41, 5.74) is 2.47. The summed E-state index contributed by atoms with van der Waals surface area (Å²) in [5.74, 6) is 2.27. The van der Waals surface area contributed by atoms with Gasteiger partial charge in [-0.1, -0.05) is 24.6 Å². The highest BCUT2D eigenvalue weighted by molar-refractivity contribution is 7.15. The van der Waals surface area contributed by atoms with Crippen molar-refractivity contribution in [1.29, 1.82) is 0 Å². The van der Waals surface area contributed by atoms with Gasteiger partial charge in [0.1, 0.15) is 30.0 Å². The average molecular weight is 616 g/mol. The molecule has 1 atom stereocenters. The van der Waals surface area contributed by atoms with Gasteiger partial charge in [-0.15, -0.1) is 11.3 Å². The average Bonchev–Trinajstić information content (AvgIpc) is 3.39. The van der Waals surface area contributed by atoms with E-state index < -0.39 is 13.0 Å². The van der Waals surface area contributed by atoms with Gasteiger partial charge in [0.15, 0.2) is 11.5 Å². The second-order valence-corrected chi connectivity index (χ2v) is 11.9. The summed E-state index contributed by atoms with van der Waals surface area (Å²) < 4.78 is 26.5. The van der Waals surface area contributed by atoms with Crippen LogP contribution in [0.1, 0.15) is 18.1 Å². The zero-order valence-corrected chi connectivity index (χ0v) is 25.1. The molecular weight excluding hydrogens is 581 g/mol. The first-order valence-corrected chi connectivity index (χ1v) is 15.4. The number of aliphatic hydroxyl groups is 1. The van der Waals surface area contributed by atoms with Crippen molar-refractivity contribution in [2.45, 2.75) is 26.5 Å². The molecule has 0 amide bonds. The summed E-state index contributed by atoms with van der Waals surface area (Å²) in [6.45, 7) is 9.27. The lowest BCUT2D eigenvalue weighted by Gasteiger charge is -2.42. The number of benzene rings is 1. The third-order valence-corrected chi connectivity index (χ3v) is 9.07. The molecule has 6 rings (SSSR count). The first-order valence-electron chi connectivity index (χ1n) is 14.2. The number of hydrogen-bond acceptors (Lipinski definition) is 11. The van der Waals surface area contributed by atoms with Gasteiger partial charge in [0.05, 0.1) is 12.2 Å². The third kappa shape index (κ3) is 6.13. The Bertz CT molecular complexity index is 1420. The Balaban J connectivity index is 1.20. The minimum Gasteiger partial charge on any atom is -0.488 e. The minimum atomic E-state index is -1.11. The number of fused-ring (bicyclic) bond motifs is 3. The van der Waals surface area contributed by atoms with Crippen molar-refractivity contribution in [2.24, 2.45) is 0 Å². The number of anilines is 4. The van der Waals surface area contributed by atoms with E-state index in [1.54, 1.807) is 21.4 Å². The highest BCUT2D eigenvalue weighted by atomic mass is 35.5. The topological polar surface area (TPSA) is 89.5 Å². The van der Waals surface area contributed by atoms with Gasteiger partial charge in [0.25, 0.3) is 0 Å². The van der Waals surface area contributed by atoms with Crippen LogP contribution in [-0.4, -0.2) is 90.3 Å². The molecule has 3 aliphatic rings. The monoisotopic (exact) mass is 615 g/mol. The number of nitrogens with zero attached hydrogens (tertiary/aromatic N) is 6. The Kier molecular flexibility index (Phi) is 8.96. The minimum absolute atomic E-state index is 0.286. The number of halogens is 2. The summed E-state index contributed by atoms with van der Waals surface area (Å²) in [7, 11) is 0. The predicted octanol–water partition coefficient (Wildman–Crippen LogP) is 4.47. The van der Waals surface area contributed by atoms with Gasteiger partial charge in [-0.25, -0.2) is 9.37 Å². The number of aromatic nitrogens is 2. The Morgan fingerprint density at radius 2 is 2.02 bits per heavy atom. The smallest absolute Gasteiger partial charge is 0.229 e. The Hall–Kier alpha value is -3.16. The van der Waals surface area contributed by atoms with E-state index in [2.05, 4.69) is 27.0 Å². The molecule has 2 aromatic heterocycles. The fraction of sp³-hybridized carbons (Fsp3) is 0.448. The van der Waals surface area contributed by atoms with Crippen LogP contribution in [0.3, 0.4) is 0 Å². The molecule has 3 aromatic rings. The van der Waals surface area contributed by atoms with Crippen molar-refractivity contribution in [1.82, 2.24) is 19.8 Å². The van der Waals surface area contributed by atoms with E-state index in [1.807, 2.05) is 30.4 Å². The van der Waals surface area contributed by atoms with Gasteiger partial charge in [0.2, 0.25) is 12.3 Å². The fourth-order valence-corrected chi connectivity index (χ4v) is 6.59. The normalized spacial score (nSPS) is 20.1. The van der Waals surface area contributed by atoms with E-state index in [0.717, 1.165) is 50.5 Å². The molecule has 5 heterocycles.